The molecule has 13 heteroatoms. The Balaban J connectivity index is 0.000000221. The van der Waals surface area contributed by atoms with Gasteiger partial charge in [-0.3, -0.25) is 4.79 Å². The van der Waals surface area contributed by atoms with Gasteiger partial charge < -0.3 is 0 Å². The highest BCUT2D eigenvalue weighted by atomic mass is 32.2. The van der Waals surface area contributed by atoms with Crippen molar-refractivity contribution >= 4 is 110 Å². The molecular formula is C34H30O5S8. The summed E-state index contributed by atoms with van der Waals surface area (Å²) in [7, 11) is 0. The Morgan fingerprint density at radius 2 is 0.979 bits per heavy atom. The minimum Gasteiger partial charge on any atom is -0.288 e. The molecule has 0 saturated heterocycles. The molecule has 0 atom stereocenters. The van der Waals surface area contributed by atoms with Gasteiger partial charge in [-0.15, -0.1) is 68.0 Å². The van der Waals surface area contributed by atoms with Gasteiger partial charge in [0.05, 0.1) is 0 Å². The van der Waals surface area contributed by atoms with Crippen LogP contribution in [0, 0.1) is 0 Å². The minimum absolute atomic E-state index is 0.214. The van der Waals surface area contributed by atoms with E-state index in [9.17, 15) is 4.79 Å². The standard InChI is InChI=1S/C17H16OS4.C15H14S4.2CO2/c1-12(18)19-10-2-4-13-6-7-16(21-13)17-9-8-15(22-17)14-5-3-11-20-14;16-9-1-3-11-5-6-14(18-11)15-8-7-13(19-15)12-4-2-10-17-12;2*2-1-3/h3,5-9,11H,2,4,10H2,1H3;2,4-8,10,16H,1,3,9H2;;. The predicted octanol–water partition coefficient (Wildman–Crippen LogP) is 11.3. The Kier molecular flexibility index (Phi) is 18.2. The van der Waals surface area contributed by atoms with E-state index in [1.54, 1.807) is 29.6 Å². The van der Waals surface area contributed by atoms with Gasteiger partial charge in [-0.25, -0.2) is 0 Å². The second-order valence-corrected chi connectivity index (χ2v) is 17.4. The molecule has 0 aliphatic rings. The third-order valence-corrected chi connectivity index (χ3v) is 14.2. The molecule has 0 fully saturated rings. The van der Waals surface area contributed by atoms with Crippen LogP contribution in [-0.4, -0.2) is 28.9 Å². The van der Waals surface area contributed by atoms with Gasteiger partial charge in [-0.2, -0.15) is 31.8 Å². The maximum atomic E-state index is 10.9. The maximum absolute atomic E-state index is 10.9. The zero-order chi connectivity index (χ0) is 33.9. The van der Waals surface area contributed by atoms with E-state index in [4.69, 9.17) is 19.2 Å². The lowest BCUT2D eigenvalue weighted by Gasteiger charge is -1.96. The molecule has 0 radical (unpaired) electrons. The average Bonchev–Trinajstić information content (AvgIpc) is 3.91. The van der Waals surface area contributed by atoms with Crippen molar-refractivity contribution in [3.8, 4) is 39.0 Å². The number of hydrogen-bond acceptors (Lipinski definition) is 13. The number of thiol groups is 1. The SMILES string of the molecule is CC(=O)SCCCc1ccc(-c2ccc(-c3cccs3)s2)s1.O=C=O.O=C=O.SCCCc1ccc(-c2ccc(-c3cccs3)s2)s1. The summed E-state index contributed by atoms with van der Waals surface area (Å²) < 4.78 is 0. The summed E-state index contributed by atoms with van der Waals surface area (Å²) in [5, 5.41) is 4.47. The molecule has 0 amide bonds. The van der Waals surface area contributed by atoms with Crippen molar-refractivity contribution in [3.63, 3.8) is 0 Å². The average molecular weight is 775 g/mol. The molecular weight excluding hydrogens is 745 g/mol. The van der Waals surface area contributed by atoms with E-state index < -0.39 is 0 Å². The van der Waals surface area contributed by atoms with Gasteiger partial charge in [0.2, 0.25) is 0 Å². The highest BCUT2D eigenvalue weighted by molar-refractivity contribution is 8.13. The number of carbonyl (C=O) groups is 1. The number of hydrogen-bond donors (Lipinski definition) is 1. The van der Waals surface area contributed by atoms with Gasteiger partial charge in [0, 0.05) is 61.4 Å². The number of thioether (sulfide) groups is 1. The van der Waals surface area contributed by atoms with E-state index in [1.165, 1.54) is 60.5 Å². The largest absolute Gasteiger partial charge is 0.373 e. The molecule has 6 aromatic heterocycles. The fourth-order valence-corrected chi connectivity index (χ4v) is 10.7. The normalized spacial score (nSPS) is 9.91. The molecule has 47 heavy (non-hydrogen) atoms. The van der Waals surface area contributed by atoms with Crippen LogP contribution in [0.25, 0.3) is 39.0 Å². The van der Waals surface area contributed by atoms with E-state index in [0.717, 1.165) is 37.2 Å². The van der Waals surface area contributed by atoms with Crippen LogP contribution in [0.15, 0.2) is 83.6 Å². The monoisotopic (exact) mass is 774 g/mol. The van der Waals surface area contributed by atoms with Gasteiger partial charge in [0.25, 0.3) is 0 Å². The van der Waals surface area contributed by atoms with Crippen molar-refractivity contribution in [2.45, 2.75) is 32.6 Å². The zero-order valence-corrected chi connectivity index (χ0v) is 31.8. The van der Waals surface area contributed by atoms with Crippen LogP contribution in [0.5, 0.6) is 0 Å². The third kappa shape index (κ3) is 13.4. The second kappa shape index (κ2) is 22.1. The van der Waals surface area contributed by atoms with E-state index in [1.807, 2.05) is 45.3 Å². The lowest BCUT2D eigenvalue weighted by molar-refractivity contribution is -0.193. The number of thiophene rings is 6. The van der Waals surface area contributed by atoms with Gasteiger partial charge >= 0.3 is 12.3 Å². The van der Waals surface area contributed by atoms with Gasteiger partial charge in [-0.05, 0) is 103 Å². The predicted molar refractivity (Wildman–Crippen MR) is 206 cm³/mol. The smallest absolute Gasteiger partial charge is 0.288 e. The molecule has 5 nitrogen and oxygen atoms in total. The van der Waals surface area contributed by atoms with Crippen LogP contribution in [0.1, 0.15) is 29.5 Å². The van der Waals surface area contributed by atoms with Crippen molar-refractivity contribution in [2.24, 2.45) is 0 Å². The van der Waals surface area contributed by atoms with Crippen molar-refractivity contribution in [1.29, 1.82) is 0 Å². The molecule has 6 heterocycles. The molecule has 0 saturated carbocycles. The van der Waals surface area contributed by atoms with Crippen molar-refractivity contribution < 1.29 is 24.0 Å². The molecule has 244 valence electrons. The Morgan fingerprint density at radius 1 is 0.596 bits per heavy atom. The molecule has 6 rings (SSSR count). The first-order valence-electron chi connectivity index (χ1n) is 14.1. The van der Waals surface area contributed by atoms with Gasteiger partial charge in [0.1, 0.15) is 0 Å². The summed E-state index contributed by atoms with van der Waals surface area (Å²) >= 11 is 16.8. The van der Waals surface area contributed by atoms with Crippen LogP contribution in [0.4, 0.5) is 0 Å². The first-order chi connectivity index (χ1) is 22.9. The summed E-state index contributed by atoms with van der Waals surface area (Å²) in [5.41, 5.74) is 0. The van der Waals surface area contributed by atoms with Crippen LogP contribution < -0.4 is 0 Å². The molecule has 6 aromatic rings. The fourth-order valence-electron chi connectivity index (χ4n) is 4.05. The van der Waals surface area contributed by atoms with Crippen LogP contribution in [-0.2, 0) is 36.8 Å². The Hall–Kier alpha value is -2.67. The van der Waals surface area contributed by atoms with Crippen molar-refractivity contribution in [2.75, 3.05) is 11.5 Å². The van der Waals surface area contributed by atoms with E-state index in [-0.39, 0.29) is 17.4 Å². The third-order valence-electron chi connectivity index (χ3n) is 6.00. The molecule has 0 N–H and O–H groups in total. The van der Waals surface area contributed by atoms with Crippen LogP contribution >= 0.6 is 92.4 Å². The van der Waals surface area contributed by atoms with Crippen molar-refractivity contribution in [1.82, 2.24) is 0 Å². The zero-order valence-electron chi connectivity index (χ0n) is 25.2. The molecule has 0 spiro atoms. The second-order valence-electron chi connectivity index (χ2n) is 9.25. The molecule has 0 aliphatic carbocycles. The number of rotatable bonds is 11. The van der Waals surface area contributed by atoms with E-state index in [2.05, 4.69) is 96.2 Å². The first-order valence-corrected chi connectivity index (χ1v) is 20.7. The van der Waals surface area contributed by atoms with Crippen molar-refractivity contribution in [3.05, 3.63) is 93.3 Å². The molecule has 0 aromatic carbocycles. The Labute approximate surface area is 307 Å². The van der Waals surface area contributed by atoms with E-state index in [0.29, 0.717) is 0 Å². The summed E-state index contributed by atoms with van der Waals surface area (Å²) in [5.74, 6) is 1.89. The minimum atomic E-state index is 0.214. The topological polar surface area (TPSA) is 85.3 Å². The Morgan fingerprint density at radius 3 is 1.36 bits per heavy atom. The first kappa shape index (κ1) is 38.8. The lowest BCUT2D eigenvalue weighted by Crippen LogP contribution is -1.88. The van der Waals surface area contributed by atoms with Gasteiger partial charge in [0.15, 0.2) is 5.12 Å². The molecule has 0 bridgehead atoms. The Bertz CT molecular complexity index is 1800. The molecule has 0 aliphatic heterocycles. The highest BCUT2D eigenvalue weighted by Crippen LogP contribution is 2.40. The summed E-state index contributed by atoms with van der Waals surface area (Å²) in [4.78, 5) is 57.2. The fraction of sp³-hybridized carbons (Fsp3) is 0.206. The number of aryl methyl sites for hydroxylation is 2. The quantitative estimate of drug-likeness (QED) is 0.104. The van der Waals surface area contributed by atoms with Crippen LogP contribution in [0.3, 0.4) is 0 Å². The molecule has 0 unspecified atom stereocenters. The summed E-state index contributed by atoms with van der Waals surface area (Å²) in [6.07, 6.45) is 4.94. The number of carbonyl (C=O) groups excluding carboxylic acids is 5. The van der Waals surface area contributed by atoms with E-state index >= 15 is 0 Å². The summed E-state index contributed by atoms with van der Waals surface area (Å²) in [6.45, 7) is 1.63. The lowest BCUT2D eigenvalue weighted by atomic mass is 10.3. The highest BCUT2D eigenvalue weighted by Gasteiger charge is 2.10. The maximum Gasteiger partial charge on any atom is 0.373 e. The summed E-state index contributed by atoms with van der Waals surface area (Å²) in [6, 6.07) is 26.5. The van der Waals surface area contributed by atoms with Gasteiger partial charge in [-0.1, -0.05) is 23.9 Å². The van der Waals surface area contributed by atoms with Crippen LogP contribution in [0.2, 0.25) is 0 Å².